The number of carbonyl (C=O) groups is 1. The third-order valence-electron chi connectivity index (χ3n) is 4.91. The second-order valence-corrected chi connectivity index (χ2v) is 6.83. The van der Waals surface area contributed by atoms with Crippen LogP contribution in [-0.2, 0) is 4.74 Å². The smallest absolute Gasteiger partial charge is 0.314 e. The Labute approximate surface area is 170 Å². The van der Waals surface area contributed by atoms with E-state index in [2.05, 4.69) is 4.90 Å². The fraction of sp³-hybridized carbons (Fsp3) is 0.450. The van der Waals surface area contributed by atoms with E-state index in [-0.39, 0.29) is 31.0 Å². The second kappa shape index (κ2) is 10.0. The van der Waals surface area contributed by atoms with Gasteiger partial charge in [-0.15, -0.1) is 12.4 Å². The van der Waals surface area contributed by atoms with Crippen LogP contribution < -0.4 is 5.73 Å². The number of allylic oxidation sites excluding steroid dienone is 2. The van der Waals surface area contributed by atoms with Crippen LogP contribution in [0.3, 0.4) is 0 Å². The number of alkyl halides is 2. The van der Waals surface area contributed by atoms with Gasteiger partial charge in [0, 0.05) is 39.1 Å². The van der Waals surface area contributed by atoms with Gasteiger partial charge in [0.05, 0.1) is 6.61 Å². The van der Waals surface area contributed by atoms with Crippen LogP contribution in [0.4, 0.5) is 13.6 Å². The highest BCUT2D eigenvalue weighted by Crippen LogP contribution is 2.34. The molecule has 1 saturated heterocycles. The topological polar surface area (TPSA) is 58.8 Å². The molecule has 1 aromatic rings. The van der Waals surface area contributed by atoms with Gasteiger partial charge in [0.2, 0.25) is 0 Å². The van der Waals surface area contributed by atoms with E-state index in [0.29, 0.717) is 26.2 Å². The molecule has 0 bridgehead atoms. The summed E-state index contributed by atoms with van der Waals surface area (Å²) in [4.78, 5) is 15.0. The van der Waals surface area contributed by atoms with Crippen molar-refractivity contribution in [2.24, 2.45) is 5.73 Å². The summed E-state index contributed by atoms with van der Waals surface area (Å²) in [5.74, 6) is -2.79. The van der Waals surface area contributed by atoms with Crippen molar-refractivity contribution in [2.45, 2.75) is 18.4 Å². The first kappa shape index (κ1) is 22.3. The van der Waals surface area contributed by atoms with E-state index in [1.54, 1.807) is 11.0 Å². The first-order valence-electron chi connectivity index (χ1n) is 9.15. The maximum atomic E-state index is 13.4. The molecule has 0 spiro atoms. The highest BCUT2D eigenvalue weighted by Gasteiger charge is 2.29. The molecule has 2 N–H and O–H groups in total. The van der Waals surface area contributed by atoms with E-state index < -0.39 is 5.92 Å². The number of urea groups is 1. The van der Waals surface area contributed by atoms with Crippen molar-refractivity contribution in [3.63, 3.8) is 0 Å². The Hall–Kier alpha value is -1.96. The summed E-state index contributed by atoms with van der Waals surface area (Å²) in [6.07, 6.45) is 3.30. The van der Waals surface area contributed by atoms with Crippen LogP contribution >= 0.6 is 12.4 Å². The fourth-order valence-corrected chi connectivity index (χ4v) is 3.31. The van der Waals surface area contributed by atoms with Crippen LogP contribution in [-0.4, -0.2) is 61.1 Å². The van der Waals surface area contributed by atoms with E-state index in [9.17, 15) is 13.6 Å². The lowest BCUT2D eigenvalue weighted by atomic mass is 9.95. The molecular formula is C20H26ClF2N3O2. The zero-order chi connectivity index (χ0) is 19.3. The minimum atomic E-state index is -2.79. The lowest BCUT2D eigenvalue weighted by Gasteiger charge is -2.34. The number of nitrogens with zero attached hydrogens (tertiary/aromatic N) is 2. The number of amides is 2. The van der Waals surface area contributed by atoms with Crippen molar-refractivity contribution in [1.29, 1.82) is 0 Å². The first-order chi connectivity index (χ1) is 12.9. The minimum Gasteiger partial charge on any atom is -0.367 e. The fourth-order valence-electron chi connectivity index (χ4n) is 3.31. The number of halogens is 3. The molecule has 1 atom stereocenters. The number of nitrogens with two attached hydrogens (primary N) is 1. The number of piperazine rings is 1. The minimum absolute atomic E-state index is 0. The predicted octanol–water partition coefficient (Wildman–Crippen LogP) is 3.38. The molecule has 1 unspecified atom stereocenters. The van der Waals surface area contributed by atoms with E-state index in [4.69, 9.17) is 10.5 Å². The van der Waals surface area contributed by atoms with Gasteiger partial charge in [-0.3, -0.25) is 4.90 Å². The van der Waals surface area contributed by atoms with Crippen molar-refractivity contribution in [3.8, 4) is 0 Å². The molecule has 1 fully saturated rings. The molecule has 2 aliphatic rings. The maximum absolute atomic E-state index is 13.4. The Balaban J connectivity index is 0.00000280. The Morgan fingerprint density at radius 2 is 1.86 bits per heavy atom. The lowest BCUT2D eigenvalue weighted by molar-refractivity contribution is 0.0423. The van der Waals surface area contributed by atoms with Crippen LogP contribution in [0.5, 0.6) is 0 Å². The molecule has 5 nitrogen and oxygen atoms in total. The Kier molecular flexibility index (Phi) is 7.98. The molecule has 154 valence electrons. The number of hydrogen-bond acceptors (Lipinski definition) is 3. The van der Waals surface area contributed by atoms with E-state index in [0.717, 1.165) is 30.3 Å². The third-order valence-corrected chi connectivity index (χ3v) is 4.91. The summed E-state index contributed by atoms with van der Waals surface area (Å²) in [6.45, 7) is 3.90. The van der Waals surface area contributed by atoms with Crippen LogP contribution in [0.25, 0.3) is 0 Å². The van der Waals surface area contributed by atoms with Gasteiger partial charge in [0.25, 0.3) is 5.92 Å². The summed E-state index contributed by atoms with van der Waals surface area (Å²) in [7, 11) is 0. The molecule has 3 rings (SSSR count). The van der Waals surface area contributed by atoms with Gasteiger partial charge in [-0.25, -0.2) is 13.6 Å². The normalized spacial score (nSPS) is 20.2. The lowest BCUT2D eigenvalue weighted by Crippen LogP contribution is -2.51. The van der Waals surface area contributed by atoms with Crippen molar-refractivity contribution in [2.75, 3.05) is 39.3 Å². The summed E-state index contributed by atoms with van der Waals surface area (Å²) in [5.41, 5.74) is 6.99. The molecule has 2 amide bonds. The van der Waals surface area contributed by atoms with Gasteiger partial charge in [-0.05, 0) is 17.2 Å². The standard InChI is InChI=1S/C20H25F2N3O2.ClH/c21-20(22)8-6-17(7-9-20)18(16-4-2-1-3-5-16)27-15-14-24-10-12-25(13-11-24)19(23)26;/h1-8,18H,9-15H2,(H2,23,26);1H. The van der Waals surface area contributed by atoms with Gasteiger partial charge in [0.15, 0.2) is 0 Å². The molecule has 0 radical (unpaired) electrons. The van der Waals surface area contributed by atoms with Crippen molar-refractivity contribution in [1.82, 2.24) is 9.80 Å². The highest BCUT2D eigenvalue weighted by molar-refractivity contribution is 5.85. The maximum Gasteiger partial charge on any atom is 0.314 e. The van der Waals surface area contributed by atoms with Crippen LogP contribution in [0, 0.1) is 0 Å². The quantitative estimate of drug-likeness (QED) is 0.777. The predicted molar refractivity (Wildman–Crippen MR) is 107 cm³/mol. The molecule has 0 saturated carbocycles. The van der Waals surface area contributed by atoms with E-state index >= 15 is 0 Å². The highest BCUT2D eigenvalue weighted by atomic mass is 35.5. The number of benzene rings is 1. The number of primary amides is 1. The summed E-state index contributed by atoms with van der Waals surface area (Å²) < 4.78 is 32.9. The molecule has 1 aliphatic carbocycles. The summed E-state index contributed by atoms with van der Waals surface area (Å²) in [5, 5.41) is 0. The van der Waals surface area contributed by atoms with Gasteiger partial charge in [-0.1, -0.05) is 42.5 Å². The molecule has 1 heterocycles. The second-order valence-electron chi connectivity index (χ2n) is 6.83. The molecule has 8 heteroatoms. The number of hydrogen-bond donors (Lipinski definition) is 1. The van der Waals surface area contributed by atoms with E-state index in [1.807, 2.05) is 30.3 Å². The molecular weight excluding hydrogens is 388 g/mol. The summed E-state index contributed by atoms with van der Waals surface area (Å²) >= 11 is 0. The van der Waals surface area contributed by atoms with Gasteiger partial charge < -0.3 is 15.4 Å². The van der Waals surface area contributed by atoms with Crippen molar-refractivity contribution >= 4 is 18.4 Å². The SMILES string of the molecule is Cl.NC(=O)N1CCN(CCOC(C2=CCC(F)(F)C=C2)c2ccccc2)CC1. The van der Waals surface area contributed by atoms with Gasteiger partial charge in [0.1, 0.15) is 6.10 Å². The Bertz CT molecular complexity index is 705. The van der Waals surface area contributed by atoms with Crippen molar-refractivity contribution in [3.05, 3.63) is 59.7 Å². The van der Waals surface area contributed by atoms with Crippen molar-refractivity contribution < 1.29 is 18.3 Å². The van der Waals surface area contributed by atoms with Crippen LogP contribution in [0.15, 0.2) is 54.1 Å². The summed E-state index contributed by atoms with van der Waals surface area (Å²) in [6, 6.07) is 9.24. The molecule has 0 aromatic heterocycles. The molecule has 28 heavy (non-hydrogen) atoms. The first-order valence-corrected chi connectivity index (χ1v) is 9.15. The monoisotopic (exact) mass is 413 g/mol. The van der Waals surface area contributed by atoms with Crippen LogP contribution in [0.1, 0.15) is 18.1 Å². The third kappa shape index (κ3) is 6.02. The average Bonchev–Trinajstić information content (AvgIpc) is 2.67. The Morgan fingerprint density at radius 3 is 2.43 bits per heavy atom. The molecule has 1 aromatic carbocycles. The zero-order valence-electron chi connectivity index (χ0n) is 15.6. The molecule has 1 aliphatic heterocycles. The van der Waals surface area contributed by atoms with Gasteiger partial charge in [-0.2, -0.15) is 0 Å². The number of ether oxygens (including phenoxy) is 1. The number of rotatable bonds is 6. The van der Waals surface area contributed by atoms with Crippen LogP contribution in [0.2, 0.25) is 0 Å². The average molecular weight is 414 g/mol. The Morgan fingerprint density at radius 1 is 1.18 bits per heavy atom. The largest absolute Gasteiger partial charge is 0.367 e. The van der Waals surface area contributed by atoms with E-state index in [1.165, 1.54) is 6.08 Å². The number of carbonyl (C=O) groups excluding carboxylic acids is 1. The zero-order valence-corrected chi connectivity index (χ0v) is 16.4. The van der Waals surface area contributed by atoms with Gasteiger partial charge >= 0.3 is 6.03 Å².